The third-order valence-corrected chi connectivity index (χ3v) is 4.00. The van der Waals surface area contributed by atoms with E-state index in [0.717, 1.165) is 17.1 Å². The van der Waals surface area contributed by atoms with Crippen LogP contribution in [-0.4, -0.2) is 11.0 Å². The lowest BCUT2D eigenvalue weighted by molar-refractivity contribution is 0.373. The zero-order valence-electron chi connectivity index (χ0n) is 7.26. The van der Waals surface area contributed by atoms with Crippen LogP contribution in [-0.2, 0) is 0 Å². The van der Waals surface area contributed by atoms with Crippen molar-refractivity contribution in [1.29, 1.82) is 0 Å². The van der Waals surface area contributed by atoms with Gasteiger partial charge in [0.2, 0.25) is 0 Å². The predicted octanol–water partition coefficient (Wildman–Crippen LogP) is 3.17. The van der Waals surface area contributed by atoms with Crippen LogP contribution in [0.15, 0.2) is 0 Å². The molecular weight excluding hydrogens is 140 g/mol. The minimum atomic E-state index is 0.915. The molecule has 0 aromatic carbocycles. The highest BCUT2D eigenvalue weighted by molar-refractivity contribution is 8.01. The first kappa shape index (κ1) is 8.45. The van der Waals surface area contributed by atoms with Crippen molar-refractivity contribution in [1.82, 2.24) is 0 Å². The summed E-state index contributed by atoms with van der Waals surface area (Å²) in [6.07, 6.45) is 2.80. The van der Waals surface area contributed by atoms with Gasteiger partial charge in [-0.2, -0.15) is 11.8 Å². The first-order valence-corrected chi connectivity index (χ1v) is 5.42. The molecule has 1 heterocycles. The summed E-state index contributed by atoms with van der Waals surface area (Å²) in [5.41, 5.74) is 0. The molecule has 1 rings (SSSR count). The molecule has 0 nitrogen and oxygen atoms in total. The van der Waals surface area contributed by atoms with E-state index in [1.165, 1.54) is 18.6 Å². The van der Waals surface area contributed by atoms with Gasteiger partial charge in [-0.25, -0.2) is 0 Å². The molecule has 0 spiro atoms. The Bertz CT molecular complexity index is 98.9. The maximum absolute atomic E-state index is 2.35. The van der Waals surface area contributed by atoms with Crippen LogP contribution in [0, 0.1) is 11.8 Å². The third-order valence-electron chi connectivity index (χ3n) is 2.41. The molecule has 1 fully saturated rings. The number of thioether (sulfide) groups is 1. The number of hydrogen-bond acceptors (Lipinski definition) is 1. The molecule has 0 amide bonds. The van der Waals surface area contributed by atoms with Crippen LogP contribution in [0.25, 0.3) is 0 Å². The van der Waals surface area contributed by atoms with Gasteiger partial charge >= 0.3 is 0 Å². The van der Waals surface area contributed by atoms with E-state index in [4.69, 9.17) is 0 Å². The molecule has 0 aromatic rings. The van der Waals surface area contributed by atoms with E-state index < -0.39 is 0 Å². The Kier molecular flexibility index (Phi) is 3.09. The van der Waals surface area contributed by atoms with Crippen molar-refractivity contribution in [3.05, 3.63) is 0 Å². The fourth-order valence-electron chi connectivity index (χ4n) is 1.55. The largest absolute Gasteiger partial charge is 0.158 e. The van der Waals surface area contributed by atoms with E-state index in [0.29, 0.717) is 0 Å². The summed E-state index contributed by atoms with van der Waals surface area (Å²) in [6, 6.07) is 0. The zero-order valence-corrected chi connectivity index (χ0v) is 8.08. The topological polar surface area (TPSA) is 0 Å². The standard InChI is InChI=1S/C9H18S/c1-4-5-9-8(6-10-9)7(2)3/h7-9H,4-6H2,1-3H3. The van der Waals surface area contributed by atoms with Gasteiger partial charge in [0.15, 0.2) is 0 Å². The van der Waals surface area contributed by atoms with Gasteiger partial charge in [-0.05, 0) is 24.0 Å². The Morgan fingerprint density at radius 1 is 1.50 bits per heavy atom. The van der Waals surface area contributed by atoms with Crippen molar-refractivity contribution in [2.45, 2.75) is 38.9 Å². The van der Waals surface area contributed by atoms with Crippen LogP contribution in [0.5, 0.6) is 0 Å². The fraction of sp³-hybridized carbons (Fsp3) is 1.00. The van der Waals surface area contributed by atoms with Gasteiger partial charge in [0.25, 0.3) is 0 Å². The Hall–Kier alpha value is 0.350. The molecule has 1 aliphatic heterocycles. The summed E-state index contributed by atoms with van der Waals surface area (Å²) in [4.78, 5) is 0. The molecule has 1 saturated heterocycles. The Morgan fingerprint density at radius 2 is 2.20 bits per heavy atom. The minimum absolute atomic E-state index is 0.915. The fourth-order valence-corrected chi connectivity index (χ4v) is 3.34. The quantitative estimate of drug-likeness (QED) is 0.608. The molecule has 2 unspecified atom stereocenters. The summed E-state index contributed by atoms with van der Waals surface area (Å²) in [6.45, 7) is 7.00. The molecule has 1 heteroatoms. The molecule has 1 aliphatic rings. The summed E-state index contributed by atoms with van der Waals surface area (Å²) in [5, 5.41) is 1.00. The summed E-state index contributed by atoms with van der Waals surface area (Å²) >= 11 is 2.17. The van der Waals surface area contributed by atoms with E-state index in [-0.39, 0.29) is 0 Å². The Balaban J connectivity index is 2.22. The maximum Gasteiger partial charge on any atom is 0.00856 e. The van der Waals surface area contributed by atoms with E-state index >= 15 is 0 Å². The summed E-state index contributed by atoms with van der Waals surface area (Å²) in [7, 11) is 0. The van der Waals surface area contributed by atoms with Crippen LogP contribution < -0.4 is 0 Å². The molecule has 0 bridgehead atoms. The van der Waals surface area contributed by atoms with Crippen LogP contribution in [0.2, 0.25) is 0 Å². The van der Waals surface area contributed by atoms with Crippen molar-refractivity contribution in [3.63, 3.8) is 0 Å². The second-order valence-corrected chi connectivity index (χ2v) is 4.84. The monoisotopic (exact) mass is 158 g/mol. The van der Waals surface area contributed by atoms with Crippen molar-refractivity contribution in [3.8, 4) is 0 Å². The maximum atomic E-state index is 2.35. The smallest absolute Gasteiger partial charge is 0.00856 e. The summed E-state index contributed by atoms with van der Waals surface area (Å²) in [5.74, 6) is 3.37. The van der Waals surface area contributed by atoms with Crippen molar-refractivity contribution in [2.75, 3.05) is 5.75 Å². The lowest BCUT2D eigenvalue weighted by Gasteiger charge is -2.38. The molecular formula is C9H18S. The molecule has 0 saturated carbocycles. The SMILES string of the molecule is CCCC1SCC1C(C)C. The van der Waals surface area contributed by atoms with Crippen LogP contribution >= 0.6 is 11.8 Å². The van der Waals surface area contributed by atoms with Gasteiger partial charge in [-0.1, -0.05) is 27.2 Å². The van der Waals surface area contributed by atoms with E-state index in [9.17, 15) is 0 Å². The zero-order chi connectivity index (χ0) is 7.56. The lowest BCUT2D eigenvalue weighted by Crippen LogP contribution is -2.34. The molecule has 0 aliphatic carbocycles. The van der Waals surface area contributed by atoms with E-state index in [1.54, 1.807) is 0 Å². The van der Waals surface area contributed by atoms with Gasteiger partial charge in [0.05, 0.1) is 0 Å². The number of rotatable bonds is 3. The normalized spacial score (nSPS) is 32.4. The van der Waals surface area contributed by atoms with Gasteiger partial charge in [0.1, 0.15) is 0 Å². The second-order valence-electron chi connectivity index (χ2n) is 3.57. The predicted molar refractivity (Wildman–Crippen MR) is 49.5 cm³/mol. The Labute approximate surface area is 68.8 Å². The highest BCUT2D eigenvalue weighted by Gasteiger charge is 2.32. The molecule has 2 atom stereocenters. The Morgan fingerprint density at radius 3 is 2.50 bits per heavy atom. The minimum Gasteiger partial charge on any atom is -0.158 e. The average Bonchev–Trinajstić information content (AvgIpc) is 1.78. The van der Waals surface area contributed by atoms with Gasteiger partial charge in [-0.3, -0.25) is 0 Å². The van der Waals surface area contributed by atoms with Crippen LogP contribution in [0.3, 0.4) is 0 Å². The highest BCUT2D eigenvalue weighted by atomic mass is 32.2. The summed E-state index contributed by atoms with van der Waals surface area (Å²) < 4.78 is 0. The molecule has 0 aromatic heterocycles. The third kappa shape index (κ3) is 1.69. The molecule has 10 heavy (non-hydrogen) atoms. The average molecular weight is 158 g/mol. The van der Waals surface area contributed by atoms with Crippen molar-refractivity contribution >= 4 is 11.8 Å². The van der Waals surface area contributed by atoms with Crippen molar-refractivity contribution < 1.29 is 0 Å². The van der Waals surface area contributed by atoms with Gasteiger partial charge < -0.3 is 0 Å². The lowest BCUT2D eigenvalue weighted by atomic mass is 9.91. The molecule has 60 valence electrons. The molecule has 0 radical (unpaired) electrons. The van der Waals surface area contributed by atoms with Crippen LogP contribution in [0.4, 0.5) is 0 Å². The van der Waals surface area contributed by atoms with Gasteiger partial charge in [0, 0.05) is 5.25 Å². The van der Waals surface area contributed by atoms with Crippen molar-refractivity contribution in [2.24, 2.45) is 11.8 Å². The molecule has 0 N–H and O–H groups in total. The first-order chi connectivity index (χ1) is 4.75. The van der Waals surface area contributed by atoms with E-state index in [1.807, 2.05) is 0 Å². The van der Waals surface area contributed by atoms with E-state index in [2.05, 4.69) is 32.5 Å². The van der Waals surface area contributed by atoms with Crippen LogP contribution in [0.1, 0.15) is 33.6 Å². The highest BCUT2D eigenvalue weighted by Crippen LogP contribution is 2.41. The number of hydrogen-bond donors (Lipinski definition) is 0. The second kappa shape index (κ2) is 3.66. The first-order valence-electron chi connectivity index (χ1n) is 4.37. The van der Waals surface area contributed by atoms with Gasteiger partial charge in [-0.15, -0.1) is 0 Å².